The van der Waals surface area contributed by atoms with E-state index in [0.717, 1.165) is 12.8 Å². The van der Waals surface area contributed by atoms with E-state index in [0.29, 0.717) is 24.7 Å². The molecule has 2 aromatic heterocycles. The molecule has 0 bridgehead atoms. The molecule has 1 fully saturated rings. The lowest BCUT2D eigenvalue weighted by Crippen LogP contribution is -2.40. The fraction of sp³-hybridized carbons (Fsp3) is 0.250. The molecule has 4 rings (SSSR count). The van der Waals surface area contributed by atoms with Gasteiger partial charge in [-0.1, -0.05) is 18.2 Å². The second-order valence-electron chi connectivity index (χ2n) is 6.56. The molecule has 0 radical (unpaired) electrons. The highest BCUT2D eigenvalue weighted by Crippen LogP contribution is 2.29. The lowest BCUT2D eigenvalue weighted by Gasteiger charge is -2.32. The van der Waals surface area contributed by atoms with Crippen LogP contribution in [-0.4, -0.2) is 38.4 Å². The number of carbonyl (C=O) groups is 1. The van der Waals surface area contributed by atoms with E-state index in [1.165, 1.54) is 16.2 Å². The van der Waals surface area contributed by atoms with Gasteiger partial charge in [0, 0.05) is 25.5 Å². The first-order valence-corrected chi connectivity index (χ1v) is 8.68. The first kappa shape index (κ1) is 16.3. The largest absolute Gasteiger partial charge is 0.508 e. The van der Waals surface area contributed by atoms with Crippen LogP contribution in [0.1, 0.15) is 34.7 Å². The van der Waals surface area contributed by atoms with Crippen molar-refractivity contribution in [3.05, 3.63) is 76.3 Å². The minimum atomic E-state index is -0.332. The SMILES string of the molecule is O=C(c1cnc2ccccn2c1=O)N1CCC(c2ccc(O)cc2)CC1. The van der Waals surface area contributed by atoms with Gasteiger partial charge in [-0.25, -0.2) is 4.98 Å². The highest BCUT2D eigenvalue weighted by molar-refractivity contribution is 5.93. The van der Waals surface area contributed by atoms with Gasteiger partial charge in [0.25, 0.3) is 11.5 Å². The lowest BCUT2D eigenvalue weighted by molar-refractivity contribution is 0.0710. The fourth-order valence-corrected chi connectivity index (χ4v) is 3.51. The average Bonchev–Trinajstić information content (AvgIpc) is 2.69. The number of phenols is 1. The summed E-state index contributed by atoms with van der Waals surface area (Å²) in [6, 6.07) is 12.5. The van der Waals surface area contributed by atoms with E-state index in [4.69, 9.17) is 0 Å². The number of nitrogens with zero attached hydrogens (tertiary/aromatic N) is 3. The highest BCUT2D eigenvalue weighted by atomic mass is 16.3. The summed E-state index contributed by atoms with van der Waals surface area (Å²) in [5.74, 6) is 0.353. The molecule has 1 saturated heterocycles. The highest BCUT2D eigenvalue weighted by Gasteiger charge is 2.26. The van der Waals surface area contributed by atoms with Gasteiger partial charge in [0.2, 0.25) is 0 Å². The number of amides is 1. The summed E-state index contributed by atoms with van der Waals surface area (Å²) in [4.78, 5) is 31.3. The van der Waals surface area contributed by atoms with Crippen molar-refractivity contribution in [3.8, 4) is 5.75 Å². The van der Waals surface area contributed by atoms with Crippen LogP contribution < -0.4 is 5.56 Å². The second-order valence-corrected chi connectivity index (χ2v) is 6.56. The number of aromatic hydroxyl groups is 1. The molecule has 0 spiro atoms. The number of pyridine rings is 1. The van der Waals surface area contributed by atoms with Crippen LogP contribution in [0.25, 0.3) is 5.65 Å². The first-order valence-electron chi connectivity index (χ1n) is 8.68. The molecule has 6 nitrogen and oxygen atoms in total. The van der Waals surface area contributed by atoms with Gasteiger partial charge in [0.1, 0.15) is 17.0 Å². The Hall–Kier alpha value is -3.15. The number of piperidine rings is 1. The number of hydrogen-bond donors (Lipinski definition) is 1. The van der Waals surface area contributed by atoms with Crippen molar-refractivity contribution >= 4 is 11.6 Å². The second kappa shape index (κ2) is 6.63. The van der Waals surface area contributed by atoms with E-state index in [2.05, 4.69) is 4.98 Å². The van der Waals surface area contributed by atoms with E-state index in [-0.39, 0.29) is 22.8 Å². The number of rotatable bonds is 2. The van der Waals surface area contributed by atoms with Gasteiger partial charge in [-0.05, 0) is 48.6 Å². The summed E-state index contributed by atoms with van der Waals surface area (Å²) < 4.78 is 1.40. The zero-order chi connectivity index (χ0) is 18.1. The summed E-state index contributed by atoms with van der Waals surface area (Å²) >= 11 is 0. The number of likely N-dealkylation sites (tertiary alicyclic amines) is 1. The quantitative estimate of drug-likeness (QED) is 0.771. The van der Waals surface area contributed by atoms with Crippen molar-refractivity contribution < 1.29 is 9.90 Å². The molecule has 1 aromatic carbocycles. The minimum absolute atomic E-state index is 0.108. The molecule has 1 aliphatic rings. The normalized spacial score (nSPS) is 15.3. The van der Waals surface area contributed by atoms with Crippen LogP contribution in [0.15, 0.2) is 59.7 Å². The van der Waals surface area contributed by atoms with Gasteiger partial charge in [0.15, 0.2) is 0 Å². The summed E-state index contributed by atoms with van der Waals surface area (Å²) in [7, 11) is 0. The van der Waals surface area contributed by atoms with Crippen LogP contribution in [0.3, 0.4) is 0 Å². The number of carbonyl (C=O) groups excluding carboxylic acids is 1. The number of hydrogen-bond acceptors (Lipinski definition) is 4. The third kappa shape index (κ3) is 2.94. The van der Waals surface area contributed by atoms with Crippen molar-refractivity contribution in [1.82, 2.24) is 14.3 Å². The van der Waals surface area contributed by atoms with Crippen molar-refractivity contribution in [2.24, 2.45) is 0 Å². The molecule has 26 heavy (non-hydrogen) atoms. The molecule has 1 N–H and O–H groups in total. The predicted molar refractivity (Wildman–Crippen MR) is 97.4 cm³/mol. The third-order valence-electron chi connectivity index (χ3n) is 4.99. The molecule has 6 heteroatoms. The third-order valence-corrected chi connectivity index (χ3v) is 4.99. The Morgan fingerprint density at radius 2 is 1.81 bits per heavy atom. The maximum absolute atomic E-state index is 12.8. The van der Waals surface area contributed by atoms with Crippen LogP contribution in [0.2, 0.25) is 0 Å². The Labute approximate surface area is 150 Å². The number of benzene rings is 1. The zero-order valence-corrected chi connectivity index (χ0v) is 14.2. The van der Waals surface area contributed by atoms with Gasteiger partial charge in [-0.2, -0.15) is 0 Å². The first-order chi connectivity index (χ1) is 12.6. The van der Waals surface area contributed by atoms with Crippen LogP contribution in [0, 0.1) is 0 Å². The van der Waals surface area contributed by atoms with Gasteiger partial charge >= 0.3 is 0 Å². The molecular formula is C20H19N3O3. The Morgan fingerprint density at radius 1 is 1.08 bits per heavy atom. The maximum atomic E-state index is 12.8. The molecule has 3 aromatic rings. The fourth-order valence-electron chi connectivity index (χ4n) is 3.51. The molecule has 132 valence electrons. The van der Waals surface area contributed by atoms with Crippen LogP contribution in [-0.2, 0) is 0 Å². The molecule has 0 unspecified atom stereocenters. The molecule has 0 atom stereocenters. The van der Waals surface area contributed by atoms with Gasteiger partial charge in [0.05, 0.1) is 0 Å². The number of aromatic nitrogens is 2. The van der Waals surface area contributed by atoms with Crippen molar-refractivity contribution in [1.29, 1.82) is 0 Å². The van der Waals surface area contributed by atoms with Crippen molar-refractivity contribution in [3.63, 3.8) is 0 Å². The Bertz CT molecular complexity index is 1000. The van der Waals surface area contributed by atoms with E-state index in [1.807, 2.05) is 12.1 Å². The standard InChI is InChI=1S/C20H19N3O3/c24-16-6-4-14(5-7-16)15-8-11-22(12-9-15)19(25)17-13-21-18-3-1-2-10-23(18)20(17)26/h1-7,10,13,15,24H,8-9,11-12H2. The molecular weight excluding hydrogens is 330 g/mol. The topological polar surface area (TPSA) is 74.9 Å². The Kier molecular flexibility index (Phi) is 4.16. The van der Waals surface area contributed by atoms with E-state index in [9.17, 15) is 14.7 Å². The monoisotopic (exact) mass is 349 g/mol. The minimum Gasteiger partial charge on any atom is -0.508 e. The van der Waals surface area contributed by atoms with Crippen LogP contribution in [0.5, 0.6) is 5.75 Å². The lowest BCUT2D eigenvalue weighted by atomic mass is 9.89. The maximum Gasteiger partial charge on any atom is 0.270 e. The van der Waals surface area contributed by atoms with Crippen molar-refractivity contribution in [2.45, 2.75) is 18.8 Å². The summed E-state index contributed by atoms with van der Waals surface area (Å²) in [5, 5.41) is 9.41. The van der Waals surface area contributed by atoms with Crippen molar-refractivity contribution in [2.75, 3.05) is 13.1 Å². The molecule has 1 aliphatic heterocycles. The smallest absolute Gasteiger partial charge is 0.270 e. The summed E-state index contributed by atoms with van der Waals surface area (Å²) in [5.41, 5.74) is 1.47. The van der Waals surface area contributed by atoms with E-state index in [1.54, 1.807) is 41.4 Å². The average molecular weight is 349 g/mol. The number of phenolic OH excluding ortho intramolecular Hbond substituents is 1. The number of fused-ring (bicyclic) bond motifs is 1. The Balaban J connectivity index is 1.51. The molecule has 0 aliphatic carbocycles. The zero-order valence-electron chi connectivity index (χ0n) is 14.2. The van der Waals surface area contributed by atoms with E-state index >= 15 is 0 Å². The molecule has 3 heterocycles. The molecule has 1 amide bonds. The summed E-state index contributed by atoms with van der Waals surface area (Å²) in [6.45, 7) is 1.20. The van der Waals surface area contributed by atoms with E-state index < -0.39 is 0 Å². The molecule has 0 saturated carbocycles. The predicted octanol–water partition coefficient (Wildman–Crippen LogP) is 2.42. The van der Waals surface area contributed by atoms with Crippen LogP contribution in [0.4, 0.5) is 0 Å². The Morgan fingerprint density at radius 3 is 2.54 bits per heavy atom. The summed E-state index contributed by atoms with van der Waals surface area (Å²) in [6.07, 6.45) is 4.67. The van der Waals surface area contributed by atoms with Gasteiger partial charge in [-0.3, -0.25) is 14.0 Å². The van der Waals surface area contributed by atoms with Gasteiger partial charge < -0.3 is 10.0 Å². The van der Waals surface area contributed by atoms with Crippen LogP contribution >= 0.6 is 0 Å². The van der Waals surface area contributed by atoms with Gasteiger partial charge in [-0.15, -0.1) is 0 Å².